The summed E-state index contributed by atoms with van der Waals surface area (Å²) >= 11 is 0. The van der Waals surface area contributed by atoms with E-state index in [1.807, 2.05) is 12.1 Å². The first kappa shape index (κ1) is 29.4. The van der Waals surface area contributed by atoms with E-state index in [0.29, 0.717) is 0 Å². The highest BCUT2D eigenvalue weighted by Gasteiger charge is 2.19. The van der Waals surface area contributed by atoms with Crippen molar-refractivity contribution in [2.24, 2.45) is 0 Å². The molecular formula is C52H30O2. The summed E-state index contributed by atoms with van der Waals surface area (Å²) in [6.07, 6.45) is 0. The zero-order chi connectivity index (χ0) is 35.3. The summed E-state index contributed by atoms with van der Waals surface area (Å²) in [6, 6.07) is 65.7. The molecule has 0 saturated carbocycles. The molecule has 12 aromatic rings. The minimum Gasteiger partial charge on any atom is -0.456 e. The lowest BCUT2D eigenvalue weighted by Crippen LogP contribution is -1.90. The van der Waals surface area contributed by atoms with Crippen LogP contribution in [0.5, 0.6) is 0 Å². The average molecular weight is 687 g/mol. The molecular weight excluding hydrogens is 657 g/mol. The highest BCUT2D eigenvalue weighted by Crippen LogP contribution is 2.45. The van der Waals surface area contributed by atoms with E-state index in [1.165, 1.54) is 60.1 Å². The second-order valence-corrected chi connectivity index (χ2v) is 14.4. The molecule has 0 aliphatic rings. The molecule has 0 atom stereocenters. The zero-order valence-electron chi connectivity index (χ0n) is 29.1. The smallest absolute Gasteiger partial charge is 0.144 e. The molecule has 2 heterocycles. The van der Waals surface area contributed by atoms with Gasteiger partial charge in [-0.25, -0.2) is 0 Å². The monoisotopic (exact) mass is 686 g/mol. The summed E-state index contributed by atoms with van der Waals surface area (Å²) in [5.74, 6) is 0. The Morgan fingerprint density at radius 3 is 1.52 bits per heavy atom. The quantitative estimate of drug-likeness (QED) is 0.173. The fourth-order valence-corrected chi connectivity index (χ4v) is 8.97. The van der Waals surface area contributed by atoms with Gasteiger partial charge in [0.25, 0.3) is 0 Å². The zero-order valence-corrected chi connectivity index (χ0v) is 29.1. The van der Waals surface area contributed by atoms with Crippen LogP contribution >= 0.6 is 0 Å². The molecule has 2 nitrogen and oxygen atoms in total. The van der Waals surface area contributed by atoms with Crippen LogP contribution in [0.1, 0.15) is 0 Å². The largest absolute Gasteiger partial charge is 0.456 e. The Kier molecular flexibility index (Phi) is 6.09. The minimum atomic E-state index is 0.877. The van der Waals surface area contributed by atoms with Crippen LogP contribution in [0.2, 0.25) is 0 Å². The van der Waals surface area contributed by atoms with Gasteiger partial charge < -0.3 is 8.83 Å². The first-order valence-corrected chi connectivity index (χ1v) is 18.5. The van der Waals surface area contributed by atoms with Crippen molar-refractivity contribution in [1.82, 2.24) is 0 Å². The van der Waals surface area contributed by atoms with E-state index < -0.39 is 0 Å². The maximum absolute atomic E-state index is 6.66. The molecule has 2 aromatic heterocycles. The molecule has 0 spiro atoms. The second-order valence-electron chi connectivity index (χ2n) is 14.4. The molecule has 0 saturated heterocycles. The van der Waals surface area contributed by atoms with Crippen LogP contribution in [0.15, 0.2) is 191 Å². The van der Waals surface area contributed by atoms with Gasteiger partial charge in [-0.05, 0) is 114 Å². The third-order valence-corrected chi connectivity index (χ3v) is 11.4. The lowest BCUT2D eigenvalue weighted by atomic mass is 9.85. The van der Waals surface area contributed by atoms with E-state index >= 15 is 0 Å². The number of fused-ring (bicyclic) bond motifs is 12. The van der Waals surface area contributed by atoms with Crippen LogP contribution in [0, 0.1) is 0 Å². The van der Waals surface area contributed by atoms with Gasteiger partial charge in [0.2, 0.25) is 0 Å². The molecule has 12 rings (SSSR count). The van der Waals surface area contributed by atoms with E-state index in [4.69, 9.17) is 8.83 Å². The Hall–Kier alpha value is -7.16. The van der Waals surface area contributed by atoms with Crippen LogP contribution in [0.3, 0.4) is 0 Å². The number of rotatable bonds is 3. The van der Waals surface area contributed by atoms with E-state index in [1.54, 1.807) is 0 Å². The van der Waals surface area contributed by atoms with Crippen molar-refractivity contribution in [3.05, 3.63) is 182 Å². The summed E-state index contributed by atoms with van der Waals surface area (Å²) in [7, 11) is 0. The topological polar surface area (TPSA) is 26.3 Å². The third-order valence-electron chi connectivity index (χ3n) is 11.4. The van der Waals surface area contributed by atoms with Crippen molar-refractivity contribution in [3.63, 3.8) is 0 Å². The third kappa shape index (κ3) is 4.22. The molecule has 0 amide bonds. The molecule has 0 bridgehead atoms. The molecule has 10 aromatic carbocycles. The maximum Gasteiger partial charge on any atom is 0.144 e. The molecule has 2 heteroatoms. The highest BCUT2D eigenvalue weighted by atomic mass is 16.3. The van der Waals surface area contributed by atoms with Gasteiger partial charge in [-0.15, -0.1) is 0 Å². The van der Waals surface area contributed by atoms with Crippen LogP contribution < -0.4 is 0 Å². The molecule has 0 aliphatic carbocycles. The predicted molar refractivity (Wildman–Crippen MR) is 227 cm³/mol. The Bertz CT molecular complexity index is 3430. The van der Waals surface area contributed by atoms with Crippen molar-refractivity contribution in [2.75, 3.05) is 0 Å². The SMILES string of the molecule is c1ccc(-c2c3ccccc3c(-c3ccc4cc(-c5ccc6oc7c(ccc8ccc9oc%10ccccc%10c9c87)c6c5)ccc4c3)c3ccccc23)cc1. The first-order chi connectivity index (χ1) is 26.8. The summed E-state index contributed by atoms with van der Waals surface area (Å²) in [5, 5.41) is 14.2. The Labute approximate surface area is 310 Å². The highest BCUT2D eigenvalue weighted by molar-refractivity contribution is 6.28. The Morgan fingerprint density at radius 1 is 0.259 bits per heavy atom. The van der Waals surface area contributed by atoms with Crippen LogP contribution in [-0.2, 0) is 0 Å². The lowest BCUT2D eigenvalue weighted by Gasteiger charge is -2.18. The van der Waals surface area contributed by atoms with Gasteiger partial charge in [0, 0.05) is 26.9 Å². The first-order valence-electron chi connectivity index (χ1n) is 18.5. The van der Waals surface area contributed by atoms with Crippen LogP contribution in [0.4, 0.5) is 0 Å². The van der Waals surface area contributed by atoms with Crippen molar-refractivity contribution >= 4 is 87.0 Å². The maximum atomic E-state index is 6.66. The van der Waals surface area contributed by atoms with Crippen LogP contribution in [0.25, 0.3) is 120 Å². The minimum absolute atomic E-state index is 0.877. The van der Waals surface area contributed by atoms with Crippen molar-refractivity contribution in [2.45, 2.75) is 0 Å². The Balaban J connectivity index is 0.997. The molecule has 0 N–H and O–H groups in total. The van der Waals surface area contributed by atoms with E-state index in [-0.39, 0.29) is 0 Å². The number of hydrogen-bond donors (Lipinski definition) is 0. The predicted octanol–water partition coefficient (Wildman–Crippen LogP) is 15.1. The molecule has 250 valence electrons. The van der Waals surface area contributed by atoms with E-state index in [2.05, 4.69) is 170 Å². The lowest BCUT2D eigenvalue weighted by molar-refractivity contribution is 0.668. The van der Waals surface area contributed by atoms with Gasteiger partial charge in [0.1, 0.15) is 22.3 Å². The average Bonchev–Trinajstić information content (AvgIpc) is 3.81. The summed E-state index contributed by atoms with van der Waals surface area (Å²) in [4.78, 5) is 0. The summed E-state index contributed by atoms with van der Waals surface area (Å²) in [5.41, 5.74) is 10.9. The van der Waals surface area contributed by atoms with E-state index in [9.17, 15) is 0 Å². The summed E-state index contributed by atoms with van der Waals surface area (Å²) < 4.78 is 12.9. The Morgan fingerprint density at radius 2 is 0.778 bits per heavy atom. The van der Waals surface area contributed by atoms with E-state index in [0.717, 1.165) is 60.2 Å². The number of hydrogen-bond acceptors (Lipinski definition) is 2. The number of benzene rings is 10. The molecule has 0 unspecified atom stereocenters. The molecule has 0 fully saturated rings. The number of para-hydroxylation sites is 1. The summed E-state index contributed by atoms with van der Waals surface area (Å²) in [6.45, 7) is 0. The molecule has 0 radical (unpaired) electrons. The van der Waals surface area contributed by atoms with Gasteiger partial charge in [-0.1, -0.05) is 140 Å². The molecule has 0 aliphatic heterocycles. The van der Waals surface area contributed by atoms with Crippen LogP contribution in [-0.4, -0.2) is 0 Å². The fourth-order valence-electron chi connectivity index (χ4n) is 8.97. The fraction of sp³-hybridized carbons (Fsp3) is 0. The van der Waals surface area contributed by atoms with Crippen molar-refractivity contribution in [3.8, 4) is 33.4 Å². The molecule has 54 heavy (non-hydrogen) atoms. The second kappa shape index (κ2) is 11.2. The van der Waals surface area contributed by atoms with Gasteiger partial charge in [-0.3, -0.25) is 0 Å². The van der Waals surface area contributed by atoms with Gasteiger partial charge in [0.05, 0.1) is 0 Å². The van der Waals surface area contributed by atoms with Gasteiger partial charge in [0.15, 0.2) is 0 Å². The van der Waals surface area contributed by atoms with Crippen molar-refractivity contribution in [1.29, 1.82) is 0 Å². The number of furan rings is 2. The standard InChI is InChI=1S/C52H30O2/c1-2-10-31(11-3-1)48-38-12-4-6-14-40(38)49(41-15-7-5-13-39(41)48)37-21-20-33-28-34(18-19-35(33)29-37)36-24-26-46-44(30-36)42-25-22-32-23-27-47-51(50(32)52(42)54-46)43-16-8-9-17-45(43)53-47/h1-30H. The van der Waals surface area contributed by atoms with Gasteiger partial charge >= 0.3 is 0 Å². The van der Waals surface area contributed by atoms with Crippen molar-refractivity contribution < 1.29 is 8.83 Å². The van der Waals surface area contributed by atoms with Gasteiger partial charge in [-0.2, -0.15) is 0 Å². The normalized spacial score (nSPS) is 12.1.